The van der Waals surface area contributed by atoms with Gasteiger partial charge in [-0.3, -0.25) is 9.59 Å². The van der Waals surface area contributed by atoms with E-state index >= 15 is 0 Å². The maximum Gasteiger partial charge on any atom is 0.305 e. The molecule has 0 spiro atoms. The van der Waals surface area contributed by atoms with Crippen LogP contribution in [0.2, 0.25) is 10.0 Å². The van der Waals surface area contributed by atoms with Gasteiger partial charge in [0, 0.05) is 41.5 Å². The summed E-state index contributed by atoms with van der Waals surface area (Å²) >= 11 is 12.6. The third-order valence-corrected chi connectivity index (χ3v) is 6.69. The van der Waals surface area contributed by atoms with Crippen molar-refractivity contribution in [3.63, 3.8) is 0 Å². The van der Waals surface area contributed by atoms with E-state index in [0.717, 1.165) is 22.4 Å². The van der Waals surface area contributed by atoms with Crippen LogP contribution in [0.1, 0.15) is 40.4 Å². The van der Waals surface area contributed by atoms with E-state index in [2.05, 4.69) is 0 Å². The number of halogens is 2. The standard InChI is InChI=1S/C27H25Cl2NO4/c1-27(15-19-6-2-4-8-22(19)28)16-21-14-18(10-11-24(21)34-27)26(33)30(13-12-25(31)32)17-20-7-3-5-9-23(20)29/h2-11,14H,12-13,15-17H2,1H3,(H,31,32). The highest BCUT2D eigenvalue weighted by molar-refractivity contribution is 6.31. The number of nitrogens with zero attached hydrogens (tertiary/aromatic N) is 1. The Morgan fingerprint density at radius 1 is 1.00 bits per heavy atom. The lowest BCUT2D eigenvalue weighted by molar-refractivity contribution is -0.137. The van der Waals surface area contributed by atoms with Crippen LogP contribution in [0.25, 0.3) is 0 Å². The number of carboxylic acids is 1. The first kappa shape index (κ1) is 24.1. The first-order chi connectivity index (χ1) is 16.2. The Kier molecular flexibility index (Phi) is 7.15. The van der Waals surface area contributed by atoms with Crippen molar-refractivity contribution >= 4 is 35.1 Å². The fraction of sp³-hybridized carbons (Fsp3) is 0.259. The molecule has 4 rings (SSSR count). The Morgan fingerprint density at radius 3 is 2.29 bits per heavy atom. The number of carbonyl (C=O) groups excluding carboxylic acids is 1. The zero-order valence-corrected chi connectivity index (χ0v) is 20.3. The predicted octanol–water partition coefficient (Wildman–Crippen LogP) is 6.05. The summed E-state index contributed by atoms with van der Waals surface area (Å²) in [5.74, 6) is -0.465. The highest BCUT2D eigenvalue weighted by Gasteiger charge is 2.36. The van der Waals surface area contributed by atoms with Crippen LogP contribution in [0.5, 0.6) is 5.75 Å². The van der Waals surface area contributed by atoms with Crippen LogP contribution in [0, 0.1) is 0 Å². The van der Waals surface area contributed by atoms with Crippen LogP contribution in [-0.2, 0) is 24.2 Å². The molecule has 34 heavy (non-hydrogen) atoms. The number of fused-ring (bicyclic) bond motifs is 1. The molecule has 0 aromatic heterocycles. The lowest BCUT2D eigenvalue weighted by Crippen LogP contribution is -2.33. The number of amides is 1. The van der Waals surface area contributed by atoms with Crippen molar-refractivity contribution in [2.75, 3.05) is 6.54 Å². The average molecular weight is 498 g/mol. The number of rotatable bonds is 8. The molecule has 176 valence electrons. The molecule has 0 fully saturated rings. The fourth-order valence-corrected chi connectivity index (χ4v) is 4.69. The van der Waals surface area contributed by atoms with Gasteiger partial charge in [0.15, 0.2) is 0 Å². The van der Waals surface area contributed by atoms with Gasteiger partial charge in [0.25, 0.3) is 5.91 Å². The average Bonchev–Trinajstić information content (AvgIpc) is 3.13. The number of benzene rings is 3. The van der Waals surface area contributed by atoms with Gasteiger partial charge >= 0.3 is 5.97 Å². The normalized spacial score (nSPS) is 16.6. The first-order valence-corrected chi connectivity index (χ1v) is 11.8. The molecule has 0 bridgehead atoms. The summed E-state index contributed by atoms with van der Waals surface area (Å²) in [5, 5.41) is 10.4. The molecule has 5 nitrogen and oxygen atoms in total. The summed E-state index contributed by atoms with van der Waals surface area (Å²) in [6.07, 6.45) is 1.12. The van der Waals surface area contributed by atoms with Gasteiger partial charge < -0.3 is 14.7 Å². The molecule has 1 heterocycles. The summed E-state index contributed by atoms with van der Waals surface area (Å²) < 4.78 is 6.26. The largest absolute Gasteiger partial charge is 0.487 e. The Bertz CT molecular complexity index is 1230. The topological polar surface area (TPSA) is 66.8 Å². The van der Waals surface area contributed by atoms with Gasteiger partial charge in [-0.05, 0) is 53.9 Å². The van der Waals surface area contributed by atoms with Crippen LogP contribution in [0.3, 0.4) is 0 Å². The minimum Gasteiger partial charge on any atom is -0.487 e. The molecule has 3 aromatic carbocycles. The molecule has 1 unspecified atom stereocenters. The lowest BCUT2D eigenvalue weighted by Gasteiger charge is -2.24. The van der Waals surface area contributed by atoms with Gasteiger partial charge in [-0.2, -0.15) is 0 Å². The minimum atomic E-state index is -0.963. The van der Waals surface area contributed by atoms with Gasteiger partial charge in [0.2, 0.25) is 0 Å². The Morgan fingerprint density at radius 2 is 1.65 bits per heavy atom. The molecule has 7 heteroatoms. The number of hydrogen-bond acceptors (Lipinski definition) is 3. The van der Waals surface area contributed by atoms with Gasteiger partial charge in [-0.25, -0.2) is 0 Å². The second-order valence-corrected chi connectivity index (χ2v) is 9.60. The second-order valence-electron chi connectivity index (χ2n) is 8.78. The smallest absolute Gasteiger partial charge is 0.305 e. The monoisotopic (exact) mass is 497 g/mol. The predicted molar refractivity (Wildman–Crippen MR) is 133 cm³/mol. The molecule has 3 aromatic rings. The van der Waals surface area contributed by atoms with E-state index in [4.69, 9.17) is 27.9 Å². The minimum absolute atomic E-state index is 0.0806. The second kappa shape index (κ2) is 10.1. The summed E-state index contributed by atoms with van der Waals surface area (Å²) in [4.78, 5) is 26.1. The Hall–Kier alpha value is -3.02. The van der Waals surface area contributed by atoms with E-state index in [0.29, 0.717) is 28.5 Å². The molecule has 0 aliphatic carbocycles. The number of ether oxygens (including phenoxy) is 1. The number of carbonyl (C=O) groups is 2. The third kappa shape index (κ3) is 5.54. The summed E-state index contributed by atoms with van der Waals surface area (Å²) in [7, 11) is 0. The fourth-order valence-electron chi connectivity index (χ4n) is 4.30. The molecular formula is C27H25Cl2NO4. The number of hydrogen-bond donors (Lipinski definition) is 1. The van der Waals surface area contributed by atoms with Crippen molar-refractivity contribution in [3.05, 3.63) is 99.0 Å². The van der Waals surface area contributed by atoms with E-state index < -0.39 is 11.6 Å². The van der Waals surface area contributed by atoms with Gasteiger partial charge in [-0.1, -0.05) is 59.6 Å². The van der Waals surface area contributed by atoms with E-state index in [-0.39, 0.29) is 25.4 Å². The van der Waals surface area contributed by atoms with Crippen molar-refractivity contribution in [2.24, 2.45) is 0 Å². The molecule has 1 aliphatic heterocycles. The van der Waals surface area contributed by atoms with E-state index in [1.807, 2.05) is 61.5 Å². The molecule has 0 saturated carbocycles. The zero-order chi connectivity index (χ0) is 24.3. The van der Waals surface area contributed by atoms with Crippen molar-refractivity contribution in [2.45, 2.75) is 38.3 Å². The van der Waals surface area contributed by atoms with Crippen LogP contribution in [0.15, 0.2) is 66.7 Å². The molecule has 1 amide bonds. The highest BCUT2D eigenvalue weighted by atomic mass is 35.5. The number of aliphatic carboxylic acids is 1. The maximum atomic E-state index is 13.4. The SMILES string of the molecule is CC1(Cc2ccccc2Cl)Cc2cc(C(=O)N(CCC(=O)O)Cc3ccccc3Cl)ccc2O1. The molecule has 0 saturated heterocycles. The quantitative estimate of drug-likeness (QED) is 0.411. The van der Waals surface area contributed by atoms with Gasteiger partial charge in [-0.15, -0.1) is 0 Å². The van der Waals surface area contributed by atoms with Crippen molar-refractivity contribution in [1.82, 2.24) is 4.90 Å². The zero-order valence-electron chi connectivity index (χ0n) is 18.8. The van der Waals surface area contributed by atoms with E-state index in [9.17, 15) is 14.7 Å². The van der Waals surface area contributed by atoms with Gasteiger partial charge in [0.1, 0.15) is 11.4 Å². The molecular weight excluding hydrogens is 473 g/mol. The maximum absolute atomic E-state index is 13.4. The summed E-state index contributed by atoms with van der Waals surface area (Å²) in [6, 6.07) is 20.3. The number of carboxylic acid groups (broad SMARTS) is 1. The van der Waals surface area contributed by atoms with E-state index in [1.165, 1.54) is 4.90 Å². The Labute approximate surface area is 208 Å². The third-order valence-electron chi connectivity index (χ3n) is 5.95. The molecule has 1 N–H and O–H groups in total. The van der Waals surface area contributed by atoms with Crippen molar-refractivity contribution < 1.29 is 19.4 Å². The van der Waals surface area contributed by atoms with Gasteiger partial charge in [0.05, 0.1) is 6.42 Å². The highest BCUT2D eigenvalue weighted by Crippen LogP contribution is 2.38. The Balaban J connectivity index is 1.54. The molecule has 1 atom stereocenters. The van der Waals surface area contributed by atoms with Crippen molar-refractivity contribution in [3.8, 4) is 5.75 Å². The first-order valence-electron chi connectivity index (χ1n) is 11.0. The van der Waals surface area contributed by atoms with E-state index in [1.54, 1.807) is 12.1 Å². The lowest BCUT2D eigenvalue weighted by atomic mass is 9.91. The molecule has 1 aliphatic rings. The van der Waals surface area contributed by atoms with Crippen molar-refractivity contribution in [1.29, 1.82) is 0 Å². The molecule has 0 radical (unpaired) electrons. The van der Waals surface area contributed by atoms with Crippen LogP contribution < -0.4 is 4.74 Å². The summed E-state index contributed by atoms with van der Waals surface area (Å²) in [6.45, 7) is 2.34. The van der Waals surface area contributed by atoms with Crippen LogP contribution >= 0.6 is 23.2 Å². The summed E-state index contributed by atoms with van der Waals surface area (Å²) in [5.41, 5.74) is 2.73. The van der Waals surface area contributed by atoms with Crippen LogP contribution in [0.4, 0.5) is 0 Å². The van der Waals surface area contributed by atoms with Crippen LogP contribution in [-0.4, -0.2) is 34.0 Å².